The lowest BCUT2D eigenvalue weighted by Gasteiger charge is -2.28. The van der Waals surface area contributed by atoms with Gasteiger partial charge in [0.2, 0.25) is 5.91 Å². The Morgan fingerprint density at radius 3 is 2.95 bits per heavy atom. The molecule has 2 unspecified atom stereocenters. The van der Waals surface area contributed by atoms with Crippen molar-refractivity contribution < 1.29 is 19.4 Å². The molecule has 2 atom stereocenters. The largest absolute Gasteiger partial charge is 0.481 e. The zero-order valence-corrected chi connectivity index (χ0v) is 12.3. The molecule has 6 heteroatoms. The number of nitrogens with one attached hydrogen (secondary N) is 1. The van der Waals surface area contributed by atoms with E-state index < -0.39 is 11.5 Å². The molecule has 2 aliphatic heterocycles. The van der Waals surface area contributed by atoms with Crippen LogP contribution in [0.2, 0.25) is 0 Å². The van der Waals surface area contributed by atoms with Crippen LogP contribution < -0.4 is 5.32 Å². The van der Waals surface area contributed by atoms with Crippen LogP contribution >= 0.6 is 11.8 Å². The molecule has 1 fully saturated rings. The number of aliphatic carboxylic acids is 1. The quantitative estimate of drug-likeness (QED) is 0.884. The summed E-state index contributed by atoms with van der Waals surface area (Å²) in [4.78, 5) is 24.8. The summed E-state index contributed by atoms with van der Waals surface area (Å²) in [5.74, 6) is -0.520. The van der Waals surface area contributed by atoms with Gasteiger partial charge in [0.1, 0.15) is 0 Å². The first-order valence-electron chi connectivity index (χ1n) is 6.93. The van der Waals surface area contributed by atoms with E-state index in [9.17, 15) is 9.59 Å². The third-order valence-corrected chi connectivity index (χ3v) is 5.18. The Bertz CT molecular complexity index is 569. The minimum Gasteiger partial charge on any atom is -0.481 e. The fourth-order valence-electron chi connectivity index (χ4n) is 2.91. The number of carboxylic acid groups (broad SMARTS) is 1. The van der Waals surface area contributed by atoms with Crippen LogP contribution in [0.15, 0.2) is 29.2 Å². The topological polar surface area (TPSA) is 75.6 Å². The maximum atomic E-state index is 12.6. The van der Waals surface area contributed by atoms with Gasteiger partial charge in [-0.25, -0.2) is 0 Å². The molecule has 0 radical (unpaired) electrons. The van der Waals surface area contributed by atoms with Crippen LogP contribution in [0.1, 0.15) is 24.3 Å². The number of hydrogen-bond donors (Lipinski definition) is 2. The number of carbonyl (C=O) groups is 2. The number of rotatable bonds is 4. The number of carboxylic acids is 1. The standard InChI is InChI=1S/C15H17NO4S/c17-13(18)7-15(5-6-20-9-15)16-14(19)11-8-21-12-4-2-1-3-10(11)12/h1-4,11H,5-9H2,(H,16,19)(H,17,18). The Morgan fingerprint density at radius 2 is 2.24 bits per heavy atom. The average molecular weight is 307 g/mol. The molecule has 2 heterocycles. The second kappa shape index (κ2) is 5.69. The van der Waals surface area contributed by atoms with E-state index in [4.69, 9.17) is 9.84 Å². The van der Waals surface area contributed by atoms with Crippen molar-refractivity contribution in [3.05, 3.63) is 29.8 Å². The van der Waals surface area contributed by atoms with Gasteiger partial charge in [-0.1, -0.05) is 18.2 Å². The maximum absolute atomic E-state index is 12.6. The van der Waals surface area contributed by atoms with Crippen LogP contribution in [0, 0.1) is 0 Å². The smallest absolute Gasteiger partial charge is 0.305 e. The Balaban J connectivity index is 1.75. The van der Waals surface area contributed by atoms with E-state index in [2.05, 4.69) is 5.32 Å². The molecule has 5 nitrogen and oxygen atoms in total. The van der Waals surface area contributed by atoms with E-state index in [1.165, 1.54) is 0 Å². The molecule has 21 heavy (non-hydrogen) atoms. The number of thioether (sulfide) groups is 1. The lowest BCUT2D eigenvalue weighted by molar-refractivity contribution is -0.139. The molecular weight excluding hydrogens is 290 g/mol. The number of carbonyl (C=O) groups excluding carboxylic acids is 1. The molecule has 0 saturated carbocycles. The Hall–Kier alpha value is -1.53. The van der Waals surface area contributed by atoms with Gasteiger partial charge in [0, 0.05) is 17.3 Å². The van der Waals surface area contributed by atoms with Crippen LogP contribution in [0.3, 0.4) is 0 Å². The van der Waals surface area contributed by atoms with E-state index >= 15 is 0 Å². The Kier molecular flexibility index (Phi) is 3.91. The summed E-state index contributed by atoms with van der Waals surface area (Å²) < 4.78 is 5.31. The van der Waals surface area contributed by atoms with Crippen molar-refractivity contribution in [2.24, 2.45) is 0 Å². The first-order valence-corrected chi connectivity index (χ1v) is 7.91. The number of fused-ring (bicyclic) bond motifs is 1. The van der Waals surface area contributed by atoms with Crippen molar-refractivity contribution >= 4 is 23.6 Å². The third-order valence-electron chi connectivity index (χ3n) is 4.00. The SMILES string of the molecule is O=C(O)CC1(NC(=O)C2CSc3ccccc32)CCOC1. The molecule has 1 aromatic carbocycles. The fraction of sp³-hybridized carbons (Fsp3) is 0.467. The van der Waals surface area contributed by atoms with Gasteiger partial charge in [0.25, 0.3) is 0 Å². The summed E-state index contributed by atoms with van der Waals surface area (Å²) in [6, 6.07) is 7.87. The van der Waals surface area contributed by atoms with Gasteiger partial charge in [-0.15, -0.1) is 11.8 Å². The normalized spacial score (nSPS) is 27.3. The minimum absolute atomic E-state index is 0.0970. The zero-order valence-electron chi connectivity index (χ0n) is 11.5. The van der Waals surface area contributed by atoms with Crippen LogP contribution in [-0.2, 0) is 14.3 Å². The second-order valence-corrected chi connectivity index (χ2v) is 6.61. The highest BCUT2D eigenvalue weighted by Crippen LogP contribution is 2.39. The highest BCUT2D eigenvalue weighted by atomic mass is 32.2. The van der Waals surface area contributed by atoms with Gasteiger partial charge in [0.15, 0.2) is 0 Å². The van der Waals surface area contributed by atoms with Crippen molar-refractivity contribution in [1.29, 1.82) is 0 Å². The highest BCUT2D eigenvalue weighted by Gasteiger charge is 2.41. The molecule has 0 aliphatic carbocycles. The molecule has 0 spiro atoms. The second-order valence-electron chi connectivity index (χ2n) is 5.54. The lowest BCUT2D eigenvalue weighted by atomic mass is 9.92. The minimum atomic E-state index is -0.915. The highest BCUT2D eigenvalue weighted by molar-refractivity contribution is 7.99. The van der Waals surface area contributed by atoms with Gasteiger partial charge in [0.05, 0.1) is 24.5 Å². The molecule has 3 rings (SSSR count). The van der Waals surface area contributed by atoms with Gasteiger partial charge >= 0.3 is 5.97 Å². The van der Waals surface area contributed by atoms with Crippen LogP contribution in [0.5, 0.6) is 0 Å². The van der Waals surface area contributed by atoms with E-state index in [0.29, 0.717) is 18.8 Å². The molecule has 2 aliphatic rings. The van der Waals surface area contributed by atoms with Crippen LogP contribution in [0.4, 0.5) is 0 Å². The molecular formula is C15H17NO4S. The van der Waals surface area contributed by atoms with Crippen molar-refractivity contribution in [2.75, 3.05) is 19.0 Å². The van der Waals surface area contributed by atoms with E-state index in [0.717, 1.165) is 10.5 Å². The fourth-order valence-corrected chi connectivity index (χ4v) is 4.14. The molecule has 0 bridgehead atoms. The van der Waals surface area contributed by atoms with Crippen molar-refractivity contribution in [2.45, 2.75) is 29.2 Å². The van der Waals surface area contributed by atoms with E-state index in [-0.39, 0.29) is 24.9 Å². The Labute approximate surface area is 127 Å². The van der Waals surface area contributed by atoms with Gasteiger partial charge in [-0.3, -0.25) is 9.59 Å². The monoisotopic (exact) mass is 307 g/mol. The van der Waals surface area contributed by atoms with E-state index in [1.807, 2.05) is 24.3 Å². The molecule has 0 aromatic heterocycles. The number of amides is 1. The molecule has 1 aromatic rings. The van der Waals surface area contributed by atoms with Crippen LogP contribution in [0.25, 0.3) is 0 Å². The first-order chi connectivity index (χ1) is 10.1. The predicted octanol–water partition coefficient (Wildman–Crippen LogP) is 1.63. The van der Waals surface area contributed by atoms with Crippen molar-refractivity contribution in [1.82, 2.24) is 5.32 Å². The summed E-state index contributed by atoms with van der Waals surface area (Å²) in [5, 5.41) is 12.0. The number of hydrogen-bond acceptors (Lipinski definition) is 4. The predicted molar refractivity (Wildman–Crippen MR) is 78.5 cm³/mol. The van der Waals surface area contributed by atoms with Crippen LogP contribution in [-0.4, -0.2) is 41.5 Å². The lowest BCUT2D eigenvalue weighted by Crippen LogP contribution is -2.52. The third kappa shape index (κ3) is 2.91. The maximum Gasteiger partial charge on any atom is 0.305 e. The summed E-state index contributed by atoms with van der Waals surface area (Å²) in [5.41, 5.74) is 0.273. The molecule has 112 valence electrons. The summed E-state index contributed by atoms with van der Waals surface area (Å²) in [6.45, 7) is 0.760. The summed E-state index contributed by atoms with van der Waals surface area (Å²) in [6.07, 6.45) is 0.451. The first kappa shape index (κ1) is 14.4. The molecule has 2 N–H and O–H groups in total. The number of benzene rings is 1. The molecule has 1 amide bonds. The Morgan fingerprint density at radius 1 is 1.43 bits per heavy atom. The molecule has 1 saturated heterocycles. The van der Waals surface area contributed by atoms with E-state index in [1.54, 1.807) is 11.8 Å². The summed E-state index contributed by atoms with van der Waals surface area (Å²) >= 11 is 1.67. The van der Waals surface area contributed by atoms with Gasteiger partial charge < -0.3 is 15.2 Å². The average Bonchev–Trinajstić information content (AvgIpc) is 3.04. The van der Waals surface area contributed by atoms with Crippen molar-refractivity contribution in [3.63, 3.8) is 0 Å². The summed E-state index contributed by atoms with van der Waals surface area (Å²) in [7, 11) is 0. The number of ether oxygens (including phenoxy) is 1. The zero-order chi connectivity index (χ0) is 14.9. The van der Waals surface area contributed by atoms with Crippen molar-refractivity contribution in [3.8, 4) is 0 Å². The van der Waals surface area contributed by atoms with Gasteiger partial charge in [-0.2, -0.15) is 0 Å². The van der Waals surface area contributed by atoms with Gasteiger partial charge in [-0.05, 0) is 18.1 Å².